The normalized spacial score (nSPS) is 18.3. The number of nitrogens with two attached hydrogens (primary N) is 1. The van der Waals surface area contributed by atoms with Gasteiger partial charge in [0.2, 0.25) is 5.88 Å². The first kappa shape index (κ1) is 15.4. The highest BCUT2D eigenvalue weighted by molar-refractivity contribution is 6.35. The number of nitrogens with zero attached hydrogens (tertiary/aromatic N) is 1. The number of hydrogen-bond acceptors (Lipinski definition) is 4. The summed E-state index contributed by atoms with van der Waals surface area (Å²) < 4.78 is 5.30. The van der Waals surface area contributed by atoms with Crippen LogP contribution in [0.3, 0.4) is 0 Å². The van der Waals surface area contributed by atoms with E-state index in [4.69, 9.17) is 33.7 Å². The van der Waals surface area contributed by atoms with Crippen molar-refractivity contribution in [2.75, 3.05) is 0 Å². The number of carbonyl (C=O) groups is 1. The molecule has 1 aliphatic heterocycles. The van der Waals surface area contributed by atoms with E-state index in [9.17, 15) is 10.1 Å². The Hall–Kier alpha value is -1.96. The second-order valence-electron chi connectivity index (χ2n) is 4.62. The third-order valence-electron chi connectivity index (χ3n) is 3.26. The summed E-state index contributed by atoms with van der Waals surface area (Å²) in [4.78, 5) is 12.0. The van der Waals surface area contributed by atoms with Crippen molar-refractivity contribution < 1.29 is 9.53 Å². The fourth-order valence-corrected chi connectivity index (χ4v) is 2.90. The molecule has 0 bridgehead atoms. The van der Waals surface area contributed by atoms with E-state index >= 15 is 0 Å². The Bertz CT molecular complexity index is 730. The van der Waals surface area contributed by atoms with Crippen LogP contribution in [-0.4, -0.2) is 5.78 Å². The Morgan fingerprint density at radius 3 is 2.62 bits per heavy atom. The number of ether oxygens (including phenoxy) is 1. The fourth-order valence-electron chi connectivity index (χ4n) is 2.38. The van der Waals surface area contributed by atoms with E-state index < -0.39 is 5.92 Å². The molecule has 1 aliphatic rings. The zero-order chi connectivity index (χ0) is 15.7. The number of nitriles is 1. The lowest BCUT2D eigenvalue weighted by Crippen LogP contribution is -2.23. The molecule has 0 saturated heterocycles. The summed E-state index contributed by atoms with van der Waals surface area (Å²) in [6.07, 6.45) is 0. The first-order valence-electron chi connectivity index (χ1n) is 6.11. The van der Waals surface area contributed by atoms with Gasteiger partial charge < -0.3 is 10.5 Å². The summed E-state index contributed by atoms with van der Waals surface area (Å²) in [6.45, 7) is 3.05. The van der Waals surface area contributed by atoms with Crippen LogP contribution in [0.15, 0.2) is 41.0 Å². The summed E-state index contributed by atoms with van der Waals surface area (Å²) in [5.41, 5.74) is 6.89. The van der Waals surface area contributed by atoms with Crippen LogP contribution < -0.4 is 5.73 Å². The average molecular weight is 323 g/mol. The van der Waals surface area contributed by atoms with Crippen molar-refractivity contribution in [1.82, 2.24) is 0 Å². The monoisotopic (exact) mass is 322 g/mol. The largest absolute Gasteiger partial charge is 0.445 e. The molecule has 0 saturated carbocycles. The van der Waals surface area contributed by atoms with Crippen molar-refractivity contribution in [2.24, 2.45) is 5.73 Å². The van der Waals surface area contributed by atoms with Crippen LogP contribution in [0.2, 0.25) is 10.0 Å². The third kappa shape index (κ3) is 2.76. The quantitative estimate of drug-likeness (QED) is 0.901. The molecule has 108 valence electrons. The molecule has 0 spiro atoms. The van der Waals surface area contributed by atoms with Crippen molar-refractivity contribution in [3.8, 4) is 6.07 Å². The molecule has 0 aromatic heterocycles. The highest BCUT2D eigenvalue weighted by Gasteiger charge is 2.34. The van der Waals surface area contributed by atoms with Gasteiger partial charge in [0, 0.05) is 15.6 Å². The van der Waals surface area contributed by atoms with Crippen LogP contribution in [0.5, 0.6) is 0 Å². The van der Waals surface area contributed by atoms with Crippen molar-refractivity contribution in [3.05, 3.63) is 56.6 Å². The Morgan fingerprint density at radius 1 is 1.43 bits per heavy atom. The first-order valence-corrected chi connectivity index (χ1v) is 6.86. The molecular formula is C15H12Cl2N2O2. The highest BCUT2D eigenvalue weighted by atomic mass is 35.5. The molecule has 2 rings (SSSR count). The van der Waals surface area contributed by atoms with Gasteiger partial charge in [-0.25, -0.2) is 0 Å². The van der Waals surface area contributed by atoms with Crippen LogP contribution in [0, 0.1) is 11.3 Å². The molecule has 0 fully saturated rings. The maximum absolute atomic E-state index is 12.0. The van der Waals surface area contributed by atoms with E-state index in [1.807, 2.05) is 6.07 Å². The standard InChI is InChI=1S/C15H12Cl2N2O2/c1-7(20)13-8(2)21-15(19)11(6-18)14(13)10-4-3-9(16)5-12(10)17/h3-5,14H,19H2,1-2H3. The van der Waals surface area contributed by atoms with Crippen LogP contribution >= 0.6 is 23.2 Å². The molecular weight excluding hydrogens is 311 g/mol. The van der Waals surface area contributed by atoms with Crippen molar-refractivity contribution in [3.63, 3.8) is 0 Å². The molecule has 1 heterocycles. The number of hydrogen-bond donors (Lipinski definition) is 1. The van der Waals surface area contributed by atoms with Gasteiger partial charge in [0.15, 0.2) is 5.78 Å². The zero-order valence-electron chi connectivity index (χ0n) is 11.4. The van der Waals surface area contributed by atoms with Crippen LogP contribution in [0.25, 0.3) is 0 Å². The number of Topliss-reactive ketones (excluding diaryl/α,β-unsaturated/α-hetero) is 1. The highest BCUT2D eigenvalue weighted by Crippen LogP contribution is 2.42. The zero-order valence-corrected chi connectivity index (χ0v) is 12.9. The molecule has 21 heavy (non-hydrogen) atoms. The van der Waals surface area contributed by atoms with Gasteiger partial charge in [-0.2, -0.15) is 5.26 Å². The molecule has 1 atom stereocenters. The van der Waals surface area contributed by atoms with Crippen molar-refractivity contribution >= 4 is 29.0 Å². The summed E-state index contributed by atoms with van der Waals surface area (Å²) in [6, 6.07) is 6.89. The maximum Gasteiger partial charge on any atom is 0.205 e. The van der Waals surface area contributed by atoms with Crippen molar-refractivity contribution in [2.45, 2.75) is 19.8 Å². The van der Waals surface area contributed by atoms with Gasteiger partial charge in [0.1, 0.15) is 17.4 Å². The van der Waals surface area contributed by atoms with Crippen LogP contribution in [0.4, 0.5) is 0 Å². The van der Waals surface area contributed by atoms with Crippen LogP contribution in [-0.2, 0) is 9.53 Å². The molecule has 2 N–H and O–H groups in total. The molecule has 0 radical (unpaired) electrons. The van der Waals surface area contributed by atoms with Gasteiger partial charge in [-0.3, -0.25) is 4.79 Å². The summed E-state index contributed by atoms with van der Waals surface area (Å²) >= 11 is 12.1. The summed E-state index contributed by atoms with van der Waals surface area (Å²) in [5, 5.41) is 10.2. The lowest BCUT2D eigenvalue weighted by Gasteiger charge is -2.27. The van der Waals surface area contributed by atoms with Gasteiger partial charge in [-0.05, 0) is 31.5 Å². The van der Waals surface area contributed by atoms with E-state index in [1.165, 1.54) is 6.92 Å². The second kappa shape index (κ2) is 5.80. The molecule has 0 amide bonds. The lowest BCUT2D eigenvalue weighted by molar-refractivity contribution is -0.114. The van der Waals surface area contributed by atoms with E-state index in [1.54, 1.807) is 25.1 Å². The molecule has 4 nitrogen and oxygen atoms in total. The smallest absolute Gasteiger partial charge is 0.205 e. The maximum atomic E-state index is 12.0. The number of halogens is 2. The fraction of sp³-hybridized carbons (Fsp3) is 0.200. The number of benzene rings is 1. The predicted octanol–water partition coefficient (Wildman–Crippen LogP) is 3.66. The van der Waals surface area contributed by atoms with Gasteiger partial charge in [0.05, 0.1) is 5.92 Å². The van der Waals surface area contributed by atoms with E-state index in [0.29, 0.717) is 26.9 Å². The van der Waals surface area contributed by atoms with Crippen molar-refractivity contribution in [1.29, 1.82) is 5.26 Å². The second-order valence-corrected chi connectivity index (χ2v) is 5.46. The predicted molar refractivity (Wildman–Crippen MR) is 80.5 cm³/mol. The summed E-state index contributed by atoms with van der Waals surface area (Å²) in [5.74, 6) is -0.499. The third-order valence-corrected chi connectivity index (χ3v) is 3.82. The Balaban J connectivity index is 2.72. The average Bonchev–Trinajstić information content (AvgIpc) is 2.37. The van der Waals surface area contributed by atoms with E-state index in [0.717, 1.165) is 0 Å². The number of ketones is 1. The first-order chi connectivity index (χ1) is 9.86. The molecule has 6 heteroatoms. The topological polar surface area (TPSA) is 76.1 Å². The Morgan fingerprint density at radius 2 is 2.10 bits per heavy atom. The number of allylic oxidation sites excluding steroid dienone is 3. The van der Waals surface area contributed by atoms with Gasteiger partial charge in [0.25, 0.3) is 0 Å². The van der Waals surface area contributed by atoms with Gasteiger partial charge >= 0.3 is 0 Å². The number of carbonyl (C=O) groups excluding carboxylic acids is 1. The summed E-state index contributed by atoms with van der Waals surface area (Å²) in [7, 11) is 0. The lowest BCUT2D eigenvalue weighted by atomic mass is 9.81. The molecule has 1 aromatic rings. The Labute approximate surface area is 132 Å². The molecule has 1 aromatic carbocycles. The molecule has 1 unspecified atom stereocenters. The van der Waals surface area contributed by atoms with Crippen LogP contribution in [0.1, 0.15) is 25.3 Å². The minimum atomic E-state index is -0.647. The molecule has 0 aliphatic carbocycles. The van der Waals surface area contributed by atoms with Gasteiger partial charge in [-0.1, -0.05) is 29.3 Å². The van der Waals surface area contributed by atoms with E-state index in [2.05, 4.69) is 0 Å². The van der Waals surface area contributed by atoms with Gasteiger partial charge in [-0.15, -0.1) is 0 Å². The number of rotatable bonds is 2. The Kier molecular flexibility index (Phi) is 4.26. The van der Waals surface area contributed by atoms with E-state index in [-0.39, 0.29) is 17.2 Å². The minimum absolute atomic E-state index is 0.0176. The minimum Gasteiger partial charge on any atom is -0.445 e. The SMILES string of the molecule is CC(=O)C1=C(C)OC(N)=C(C#N)C1c1ccc(Cl)cc1Cl.